The molecule has 2 N–H and O–H groups in total. The van der Waals surface area contributed by atoms with Crippen LogP contribution in [0.15, 0.2) is 6.07 Å². The van der Waals surface area contributed by atoms with Crippen molar-refractivity contribution in [2.45, 2.75) is 33.4 Å². The number of hydrogen-bond acceptors (Lipinski definition) is 4. The van der Waals surface area contributed by atoms with Gasteiger partial charge in [-0.25, -0.2) is 0 Å². The SMILES string of the molecule is CCNC1COCC1CNCc1cc(C)c(C)s1. The molecule has 1 fully saturated rings. The first-order valence-electron chi connectivity index (χ1n) is 6.78. The highest BCUT2D eigenvalue weighted by Gasteiger charge is 2.26. The molecule has 0 aliphatic carbocycles. The molecule has 0 radical (unpaired) electrons. The van der Waals surface area contributed by atoms with Gasteiger partial charge in [-0.05, 0) is 32.0 Å². The van der Waals surface area contributed by atoms with Gasteiger partial charge in [0.1, 0.15) is 0 Å². The third kappa shape index (κ3) is 3.54. The Bertz CT molecular complexity index is 358. The number of likely N-dealkylation sites (N-methyl/N-ethyl adjacent to an activating group) is 1. The van der Waals surface area contributed by atoms with Crippen LogP contribution in [-0.4, -0.2) is 32.3 Å². The van der Waals surface area contributed by atoms with Crippen molar-refractivity contribution >= 4 is 11.3 Å². The molecule has 1 aromatic heterocycles. The molecule has 0 saturated carbocycles. The molecule has 0 bridgehead atoms. The average Bonchev–Trinajstić information content (AvgIpc) is 2.89. The van der Waals surface area contributed by atoms with Gasteiger partial charge in [-0.1, -0.05) is 6.92 Å². The average molecular weight is 268 g/mol. The summed E-state index contributed by atoms with van der Waals surface area (Å²) in [5.41, 5.74) is 1.41. The Morgan fingerprint density at radius 1 is 1.39 bits per heavy atom. The van der Waals surface area contributed by atoms with Gasteiger partial charge in [0.2, 0.25) is 0 Å². The summed E-state index contributed by atoms with van der Waals surface area (Å²) in [6.45, 7) is 11.3. The van der Waals surface area contributed by atoms with Crippen LogP contribution in [0.25, 0.3) is 0 Å². The highest BCUT2D eigenvalue weighted by molar-refractivity contribution is 7.12. The molecule has 102 valence electrons. The second-order valence-corrected chi connectivity index (χ2v) is 6.39. The number of ether oxygens (including phenoxy) is 1. The molecule has 1 aliphatic heterocycles. The van der Waals surface area contributed by atoms with E-state index in [1.54, 1.807) is 0 Å². The van der Waals surface area contributed by atoms with E-state index in [1.807, 2.05) is 11.3 Å². The minimum absolute atomic E-state index is 0.523. The Hall–Kier alpha value is -0.420. The molecule has 1 saturated heterocycles. The Balaban J connectivity index is 1.74. The molecule has 2 atom stereocenters. The standard InChI is InChI=1S/C14H24N2OS/c1-4-16-14-9-17-8-12(14)6-15-7-13-5-10(2)11(3)18-13/h5,12,14-16H,4,6-9H2,1-3H3. The molecule has 4 heteroatoms. The van der Waals surface area contributed by atoms with Crippen LogP contribution >= 0.6 is 11.3 Å². The molecule has 3 nitrogen and oxygen atoms in total. The van der Waals surface area contributed by atoms with E-state index >= 15 is 0 Å². The largest absolute Gasteiger partial charge is 0.379 e. The Morgan fingerprint density at radius 3 is 2.89 bits per heavy atom. The van der Waals surface area contributed by atoms with Crippen LogP contribution in [0.5, 0.6) is 0 Å². The van der Waals surface area contributed by atoms with Crippen molar-refractivity contribution in [1.29, 1.82) is 0 Å². The van der Waals surface area contributed by atoms with Gasteiger partial charge in [-0.2, -0.15) is 0 Å². The zero-order valence-corrected chi connectivity index (χ0v) is 12.4. The molecule has 0 amide bonds. The monoisotopic (exact) mass is 268 g/mol. The molecule has 2 rings (SSSR count). The van der Waals surface area contributed by atoms with Gasteiger partial charge in [0.15, 0.2) is 0 Å². The lowest BCUT2D eigenvalue weighted by Crippen LogP contribution is -2.39. The lowest BCUT2D eigenvalue weighted by atomic mass is 10.0. The van der Waals surface area contributed by atoms with Gasteiger partial charge < -0.3 is 15.4 Å². The van der Waals surface area contributed by atoms with Gasteiger partial charge >= 0.3 is 0 Å². The van der Waals surface area contributed by atoms with E-state index in [4.69, 9.17) is 4.74 Å². The second-order valence-electron chi connectivity index (χ2n) is 5.04. The number of nitrogens with one attached hydrogen (secondary N) is 2. The molecule has 0 spiro atoms. The van der Waals surface area contributed by atoms with Crippen molar-refractivity contribution in [3.8, 4) is 0 Å². The summed E-state index contributed by atoms with van der Waals surface area (Å²) >= 11 is 1.90. The normalized spacial score (nSPS) is 23.7. The van der Waals surface area contributed by atoms with E-state index in [0.717, 1.165) is 32.8 Å². The van der Waals surface area contributed by atoms with E-state index in [2.05, 4.69) is 37.5 Å². The highest BCUT2D eigenvalue weighted by Crippen LogP contribution is 2.20. The van der Waals surface area contributed by atoms with Crippen molar-refractivity contribution in [2.24, 2.45) is 5.92 Å². The highest BCUT2D eigenvalue weighted by atomic mass is 32.1. The maximum absolute atomic E-state index is 5.55. The lowest BCUT2D eigenvalue weighted by molar-refractivity contribution is 0.182. The fraction of sp³-hybridized carbons (Fsp3) is 0.714. The van der Waals surface area contributed by atoms with Gasteiger partial charge in [0, 0.05) is 34.8 Å². The summed E-state index contributed by atoms with van der Waals surface area (Å²) in [6, 6.07) is 2.81. The van der Waals surface area contributed by atoms with Gasteiger partial charge in [0.25, 0.3) is 0 Å². The quantitative estimate of drug-likeness (QED) is 0.829. The van der Waals surface area contributed by atoms with Crippen LogP contribution in [0.1, 0.15) is 22.2 Å². The minimum atomic E-state index is 0.523. The van der Waals surface area contributed by atoms with E-state index < -0.39 is 0 Å². The predicted molar refractivity (Wildman–Crippen MR) is 77.3 cm³/mol. The van der Waals surface area contributed by atoms with Crippen molar-refractivity contribution in [3.05, 3.63) is 21.4 Å². The summed E-state index contributed by atoms with van der Waals surface area (Å²) in [6.07, 6.45) is 0. The zero-order valence-electron chi connectivity index (χ0n) is 11.6. The molecule has 2 heterocycles. The first-order valence-corrected chi connectivity index (χ1v) is 7.60. The van der Waals surface area contributed by atoms with Gasteiger partial charge in [-0.3, -0.25) is 0 Å². The molecular weight excluding hydrogens is 244 g/mol. The number of rotatable bonds is 6. The second kappa shape index (κ2) is 6.66. The molecule has 18 heavy (non-hydrogen) atoms. The van der Waals surface area contributed by atoms with Crippen LogP contribution in [0.3, 0.4) is 0 Å². The maximum Gasteiger partial charge on any atom is 0.0623 e. The third-order valence-corrected chi connectivity index (χ3v) is 4.74. The van der Waals surface area contributed by atoms with Crippen LogP contribution in [0, 0.1) is 19.8 Å². The van der Waals surface area contributed by atoms with E-state index in [-0.39, 0.29) is 0 Å². The summed E-state index contributed by atoms with van der Waals surface area (Å²) in [4.78, 5) is 2.87. The van der Waals surface area contributed by atoms with Crippen molar-refractivity contribution in [1.82, 2.24) is 10.6 Å². The zero-order chi connectivity index (χ0) is 13.0. The topological polar surface area (TPSA) is 33.3 Å². The molecule has 1 aliphatic rings. The first-order chi connectivity index (χ1) is 8.70. The lowest BCUT2D eigenvalue weighted by Gasteiger charge is -2.18. The van der Waals surface area contributed by atoms with Crippen LogP contribution in [-0.2, 0) is 11.3 Å². The van der Waals surface area contributed by atoms with E-state index in [9.17, 15) is 0 Å². The maximum atomic E-state index is 5.55. The molecular formula is C14H24N2OS. The minimum Gasteiger partial charge on any atom is -0.379 e. The van der Waals surface area contributed by atoms with Crippen LogP contribution < -0.4 is 10.6 Å². The summed E-state index contributed by atoms with van der Waals surface area (Å²) < 4.78 is 5.55. The van der Waals surface area contributed by atoms with Crippen LogP contribution in [0.2, 0.25) is 0 Å². The molecule has 1 aromatic rings. The Morgan fingerprint density at radius 2 is 2.22 bits per heavy atom. The fourth-order valence-electron chi connectivity index (χ4n) is 2.41. The summed E-state index contributed by atoms with van der Waals surface area (Å²) in [5, 5.41) is 7.06. The van der Waals surface area contributed by atoms with Crippen LogP contribution in [0.4, 0.5) is 0 Å². The third-order valence-electron chi connectivity index (χ3n) is 3.59. The fourth-order valence-corrected chi connectivity index (χ4v) is 3.43. The van der Waals surface area contributed by atoms with Gasteiger partial charge in [0.05, 0.1) is 13.2 Å². The van der Waals surface area contributed by atoms with E-state index in [1.165, 1.54) is 15.3 Å². The van der Waals surface area contributed by atoms with E-state index in [0.29, 0.717) is 12.0 Å². The Labute approximate surface area is 114 Å². The van der Waals surface area contributed by atoms with Crippen molar-refractivity contribution in [2.75, 3.05) is 26.3 Å². The predicted octanol–water partition coefficient (Wildman–Crippen LogP) is 2.08. The summed E-state index contributed by atoms with van der Waals surface area (Å²) in [7, 11) is 0. The number of thiophene rings is 1. The smallest absolute Gasteiger partial charge is 0.0623 e. The number of aryl methyl sites for hydroxylation is 2. The Kier molecular flexibility index (Phi) is 5.18. The first kappa shape index (κ1) is 14.0. The number of hydrogen-bond donors (Lipinski definition) is 2. The van der Waals surface area contributed by atoms with Gasteiger partial charge in [-0.15, -0.1) is 11.3 Å². The summed E-state index contributed by atoms with van der Waals surface area (Å²) in [5.74, 6) is 0.604. The molecule has 2 unspecified atom stereocenters. The van der Waals surface area contributed by atoms with Crippen molar-refractivity contribution < 1.29 is 4.74 Å². The molecule has 0 aromatic carbocycles. The van der Waals surface area contributed by atoms with Crippen molar-refractivity contribution in [3.63, 3.8) is 0 Å².